The number of rotatable bonds is 6. The zero-order valence-corrected chi connectivity index (χ0v) is 21.1. The molecule has 4 aromatic rings. The van der Waals surface area contributed by atoms with E-state index >= 15 is 0 Å². The number of aromatic nitrogens is 6. The van der Waals surface area contributed by atoms with Gasteiger partial charge >= 0.3 is 0 Å². The zero-order valence-electron chi connectivity index (χ0n) is 21.1. The van der Waals surface area contributed by atoms with E-state index in [2.05, 4.69) is 31.3 Å². The normalized spacial score (nSPS) is 17.2. The maximum Gasteiger partial charge on any atom is 0.234 e. The summed E-state index contributed by atoms with van der Waals surface area (Å²) in [7, 11) is 0. The Kier molecular flexibility index (Phi) is 5.55. The van der Waals surface area contributed by atoms with Crippen molar-refractivity contribution in [1.29, 1.82) is 5.26 Å². The number of benzene rings is 1. The second-order valence-corrected chi connectivity index (χ2v) is 10.1. The summed E-state index contributed by atoms with van der Waals surface area (Å²) in [5.41, 5.74) is 4.23. The Balaban J connectivity index is 1.62. The molecule has 0 spiro atoms. The third kappa shape index (κ3) is 3.79. The van der Waals surface area contributed by atoms with Gasteiger partial charge in [-0.15, -0.1) is 0 Å². The Hall–Kier alpha value is -4.19. The van der Waals surface area contributed by atoms with E-state index in [1.54, 1.807) is 18.7 Å². The van der Waals surface area contributed by atoms with Crippen LogP contribution >= 0.6 is 0 Å². The van der Waals surface area contributed by atoms with Crippen LogP contribution in [0.1, 0.15) is 51.9 Å². The predicted octanol–water partition coefficient (Wildman–Crippen LogP) is 4.82. The van der Waals surface area contributed by atoms with E-state index in [0.29, 0.717) is 36.4 Å². The summed E-state index contributed by atoms with van der Waals surface area (Å²) >= 11 is 0. The quantitative estimate of drug-likeness (QED) is 0.420. The molecule has 9 nitrogen and oxygen atoms in total. The minimum absolute atomic E-state index is 0.0480. The molecule has 0 fully saturated rings. The fraction of sp³-hybridized carbons (Fsp3) is 0.370. The molecule has 1 amide bonds. The Bertz CT molecular complexity index is 1530. The molecule has 182 valence electrons. The minimum Gasteiger partial charge on any atom is -0.325 e. The molecule has 1 aliphatic heterocycles. The van der Waals surface area contributed by atoms with Crippen LogP contribution in [0.4, 0.5) is 5.69 Å². The van der Waals surface area contributed by atoms with Crippen molar-refractivity contribution in [1.82, 2.24) is 29.5 Å². The number of aryl methyl sites for hydroxylation is 2. The number of imidazole rings is 1. The molecule has 9 heteroatoms. The highest BCUT2D eigenvalue weighted by Gasteiger charge is 2.43. The summed E-state index contributed by atoms with van der Waals surface area (Å²) in [5.74, 6) is 1.38. The first-order chi connectivity index (χ1) is 17.2. The minimum atomic E-state index is -0.737. The summed E-state index contributed by atoms with van der Waals surface area (Å²) in [5, 5.41) is 12.5. The Morgan fingerprint density at radius 1 is 1.14 bits per heavy atom. The molecule has 1 aromatic carbocycles. The summed E-state index contributed by atoms with van der Waals surface area (Å²) in [6, 6.07) is 8.23. The lowest BCUT2D eigenvalue weighted by Gasteiger charge is -2.26. The molecule has 0 aliphatic carbocycles. The van der Waals surface area contributed by atoms with Crippen molar-refractivity contribution in [2.45, 2.75) is 59.4 Å². The Morgan fingerprint density at radius 2 is 1.89 bits per heavy atom. The summed E-state index contributed by atoms with van der Waals surface area (Å²) in [4.78, 5) is 35.7. The Labute approximate surface area is 209 Å². The molecule has 1 N–H and O–H groups in total. The van der Waals surface area contributed by atoms with Gasteiger partial charge in [0.1, 0.15) is 29.2 Å². The van der Waals surface area contributed by atoms with Crippen LogP contribution in [-0.2, 0) is 16.8 Å². The van der Waals surface area contributed by atoms with Crippen molar-refractivity contribution in [2.24, 2.45) is 5.41 Å². The van der Waals surface area contributed by atoms with Crippen LogP contribution in [0.15, 0.2) is 36.9 Å². The molecule has 1 atom stereocenters. The van der Waals surface area contributed by atoms with E-state index in [0.717, 1.165) is 33.8 Å². The lowest BCUT2D eigenvalue weighted by molar-refractivity contribution is -0.120. The predicted molar refractivity (Wildman–Crippen MR) is 137 cm³/mol. The topological polar surface area (TPSA) is 122 Å². The average Bonchev–Trinajstić information content (AvgIpc) is 3.38. The lowest BCUT2D eigenvalue weighted by Crippen LogP contribution is -2.32. The number of nitriles is 1. The van der Waals surface area contributed by atoms with Gasteiger partial charge in [0.25, 0.3) is 0 Å². The van der Waals surface area contributed by atoms with Gasteiger partial charge in [-0.2, -0.15) is 5.26 Å². The molecular weight excluding hydrogens is 452 g/mol. The molecular formula is C27H28N8O. The number of hydrogen-bond acceptors (Lipinski definition) is 7. The van der Waals surface area contributed by atoms with Crippen molar-refractivity contribution in [3.63, 3.8) is 0 Å². The van der Waals surface area contributed by atoms with Gasteiger partial charge < -0.3 is 9.88 Å². The number of anilines is 1. The van der Waals surface area contributed by atoms with Gasteiger partial charge in [0, 0.05) is 30.2 Å². The van der Waals surface area contributed by atoms with E-state index in [4.69, 9.17) is 4.98 Å². The molecule has 4 heterocycles. The molecule has 0 bridgehead atoms. The van der Waals surface area contributed by atoms with E-state index in [-0.39, 0.29) is 5.91 Å². The molecule has 0 saturated carbocycles. The van der Waals surface area contributed by atoms with E-state index in [1.165, 1.54) is 0 Å². The highest BCUT2D eigenvalue weighted by Crippen LogP contribution is 2.44. The second-order valence-electron chi connectivity index (χ2n) is 10.1. The van der Waals surface area contributed by atoms with Gasteiger partial charge in [-0.1, -0.05) is 6.07 Å². The number of fused-ring (bicyclic) bond motifs is 2. The maximum absolute atomic E-state index is 13.0. The van der Waals surface area contributed by atoms with Gasteiger partial charge in [0.2, 0.25) is 5.91 Å². The highest BCUT2D eigenvalue weighted by atomic mass is 16.2. The maximum atomic E-state index is 13.0. The first kappa shape index (κ1) is 23.5. The van der Waals surface area contributed by atoms with Crippen molar-refractivity contribution in [3.05, 3.63) is 48.3 Å². The first-order valence-electron chi connectivity index (χ1n) is 12.0. The molecule has 3 aromatic heterocycles. The van der Waals surface area contributed by atoms with Crippen molar-refractivity contribution in [2.75, 3.05) is 5.32 Å². The number of nitrogens with zero attached hydrogens (tertiary/aromatic N) is 7. The smallest absolute Gasteiger partial charge is 0.234 e. The number of hydrogen-bond donors (Lipinski definition) is 1. The number of carbonyl (C=O) groups is 1. The molecule has 36 heavy (non-hydrogen) atoms. The van der Waals surface area contributed by atoms with Crippen LogP contribution in [-0.4, -0.2) is 35.4 Å². The van der Waals surface area contributed by atoms with Crippen LogP contribution in [0, 0.1) is 23.7 Å². The van der Waals surface area contributed by atoms with Crippen LogP contribution in [0.2, 0.25) is 0 Å². The molecule has 0 saturated heterocycles. The van der Waals surface area contributed by atoms with Crippen molar-refractivity contribution >= 4 is 22.8 Å². The SMILES string of the molecule is CCn1c(-c2cnc(C)nc2)nc2c(-c3ccc4c(c3)C(C)(CCC(C)(C)C#N)C(=O)N4)ncnc21. The van der Waals surface area contributed by atoms with E-state index in [1.807, 2.05) is 57.4 Å². The number of carbonyl (C=O) groups excluding carboxylic acids is 1. The zero-order chi connectivity index (χ0) is 25.7. The van der Waals surface area contributed by atoms with Gasteiger partial charge in [0.05, 0.1) is 22.5 Å². The fourth-order valence-electron chi connectivity index (χ4n) is 4.68. The first-order valence-corrected chi connectivity index (χ1v) is 12.0. The molecule has 1 aliphatic rings. The van der Waals surface area contributed by atoms with Crippen LogP contribution in [0.3, 0.4) is 0 Å². The van der Waals surface area contributed by atoms with Crippen LogP contribution < -0.4 is 5.32 Å². The molecule has 5 rings (SSSR count). The van der Waals surface area contributed by atoms with Gasteiger partial charge in [-0.25, -0.2) is 24.9 Å². The lowest BCUT2D eigenvalue weighted by atomic mass is 9.74. The van der Waals surface area contributed by atoms with Crippen LogP contribution in [0.5, 0.6) is 0 Å². The van der Waals surface area contributed by atoms with E-state index in [9.17, 15) is 10.1 Å². The molecule has 0 radical (unpaired) electrons. The van der Waals surface area contributed by atoms with Crippen molar-refractivity contribution < 1.29 is 4.79 Å². The monoisotopic (exact) mass is 480 g/mol. The summed E-state index contributed by atoms with van der Waals surface area (Å²) < 4.78 is 2.03. The van der Waals surface area contributed by atoms with E-state index < -0.39 is 10.8 Å². The number of amides is 1. The third-order valence-corrected chi connectivity index (χ3v) is 7.08. The van der Waals surface area contributed by atoms with Gasteiger partial charge in [0.15, 0.2) is 5.65 Å². The van der Waals surface area contributed by atoms with Crippen molar-refractivity contribution in [3.8, 4) is 28.7 Å². The average molecular weight is 481 g/mol. The number of nitrogens with one attached hydrogen (secondary N) is 1. The fourth-order valence-corrected chi connectivity index (χ4v) is 4.68. The van der Waals surface area contributed by atoms with Gasteiger partial charge in [-0.05, 0) is 65.2 Å². The third-order valence-electron chi connectivity index (χ3n) is 7.08. The van der Waals surface area contributed by atoms with Crippen LogP contribution in [0.25, 0.3) is 33.8 Å². The molecule has 1 unspecified atom stereocenters. The largest absolute Gasteiger partial charge is 0.325 e. The van der Waals surface area contributed by atoms with Gasteiger partial charge in [-0.3, -0.25) is 4.79 Å². The second kappa shape index (κ2) is 8.48. The summed E-state index contributed by atoms with van der Waals surface area (Å²) in [6.07, 6.45) is 6.26. The summed E-state index contributed by atoms with van der Waals surface area (Å²) in [6.45, 7) is 10.3. The standard InChI is InChI=1S/C27H28N8O/c1-6-35-23(18-12-29-16(2)30-13-18)34-22-21(31-15-32-24(22)35)17-7-8-20-19(11-17)27(5,25(36)33-20)10-9-26(3,4)14-28/h7-8,11-13,15H,6,9-10H2,1-5H3,(H,33,36). The Morgan fingerprint density at radius 3 is 2.58 bits per heavy atom. The highest BCUT2D eigenvalue weighted by molar-refractivity contribution is 6.06.